The van der Waals surface area contributed by atoms with Gasteiger partial charge >= 0.3 is 0 Å². The largest absolute Gasteiger partial charge is 0.494 e. The molecule has 2 N–H and O–H groups in total. The highest BCUT2D eigenvalue weighted by molar-refractivity contribution is 7.92. The highest BCUT2D eigenvalue weighted by Crippen LogP contribution is 2.20. The van der Waals surface area contributed by atoms with Gasteiger partial charge in [-0.25, -0.2) is 8.42 Å². The maximum Gasteiger partial charge on any atom is 0.261 e. The second-order valence-electron chi connectivity index (χ2n) is 7.98. The number of benzene rings is 2. The monoisotopic (exact) mass is 474 g/mol. The average Bonchev–Trinajstić information content (AvgIpc) is 2.83. The van der Waals surface area contributed by atoms with E-state index < -0.39 is 10.0 Å². The van der Waals surface area contributed by atoms with Crippen molar-refractivity contribution in [1.29, 1.82) is 0 Å². The number of ether oxygens (including phenoxy) is 1. The van der Waals surface area contributed by atoms with Gasteiger partial charge in [0.15, 0.2) is 0 Å². The van der Waals surface area contributed by atoms with Gasteiger partial charge in [0.2, 0.25) is 0 Å². The molecule has 2 aromatic rings. The van der Waals surface area contributed by atoms with E-state index in [0.29, 0.717) is 30.2 Å². The summed E-state index contributed by atoms with van der Waals surface area (Å²) in [4.78, 5) is 17.4. The van der Waals surface area contributed by atoms with Gasteiger partial charge in [0.1, 0.15) is 5.75 Å². The zero-order chi connectivity index (χ0) is 23.7. The first-order chi connectivity index (χ1) is 15.9. The summed E-state index contributed by atoms with van der Waals surface area (Å²) in [7, 11) is -3.82. The summed E-state index contributed by atoms with van der Waals surface area (Å²) >= 11 is 0. The fourth-order valence-corrected chi connectivity index (χ4v) is 4.84. The van der Waals surface area contributed by atoms with Gasteiger partial charge in [-0.05, 0) is 68.9 Å². The van der Waals surface area contributed by atoms with Crippen molar-refractivity contribution in [2.75, 3.05) is 57.1 Å². The molecular formula is C24H34N4O4S. The Morgan fingerprint density at radius 3 is 2.36 bits per heavy atom. The van der Waals surface area contributed by atoms with Crippen LogP contribution in [-0.4, -0.2) is 76.5 Å². The molecule has 180 valence electrons. The molecule has 1 saturated heterocycles. The molecule has 33 heavy (non-hydrogen) atoms. The molecule has 0 aliphatic carbocycles. The van der Waals surface area contributed by atoms with Crippen molar-refractivity contribution in [2.24, 2.45) is 0 Å². The molecule has 1 aliphatic heterocycles. The number of anilines is 1. The molecule has 8 nitrogen and oxygen atoms in total. The van der Waals surface area contributed by atoms with Crippen LogP contribution in [0.1, 0.15) is 30.6 Å². The first-order valence-corrected chi connectivity index (χ1v) is 13.0. The number of hydrogen-bond donors (Lipinski definition) is 2. The molecule has 1 heterocycles. The summed E-state index contributed by atoms with van der Waals surface area (Å²) in [6, 6.07) is 12.8. The number of amides is 1. The molecule has 0 aromatic heterocycles. The van der Waals surface area contributed by atoms with E-state index in [1.165, 1.54) is 12.1 Å². The normalized spacial score (nSPS) is 15.2. The molecule has 3 rings (SSSR count). The van der Waals surface area contributed by atoms with Crippen LogP contribution >= 0.6 is 0 Å². The van der Waals surface area contributed by atoms with Gasteiger partial charge in [-0.2, -0.15) is 0 Å². The Balaban J connectivity index is 1.51. The molecule has 0 atom stereocenters. The Labute approximate surface area is 197 Å². The Morgan fingerprint density at radius 2 is 1.70 bits per heavy atom. The van der Waals surface area contributed by atoms with Gasteiger partial charge in [-0.15, -0.1) is 0 Å². The number of piperazine rings is 1. The summed E-state index contributed by atoms with van der Waals surface area (Å²) in [5.74, 6) is 0.395. The van der Waals surface area contributed by atoms with E-state index in [0.717, 1.165) is 45.7 Å². The van der Waals surface area contributed by atoms with Crippen LogP contribution in [0.4, 0.5) is 5.69 Å². The van der Waals surface area contributed by atoms with Crippen molar-refractivity contribution in [2.45, 2.75) is 25.2 Å². The first kappa shape index (κ1) is 25.0. The minimum atomic E-state index is -3.82. The molecular weight excluding hydrogens is 440 g/mol. The van der Waals surface area contributed by atoms with Gasteiger partial charge < -0.3 is 19.9 Å². The van der Waals surface area contributed by atoms with E-state index in [9.17, 15) is 13.2 Å². The Morgan fingerprint density at radius 1 is 1.00 bits per heavy atom. The van der Waals surface area contributed by atoms with Crippen molar-refractivity contribution in [1.82, 2.24) is 15.1 Å². The van der Waals surface area contributed by atoms with Crippen molar-refractivity contribution in [3.63, 3.8) is 0 Å². The standard InChI is InChI=1S/C24H34N4O4S/c1-3-27-15-17-28(18-16-27)14-6-13-25-24(29)20-7-5-8-23(19-20)33(30,31)26-21-9-11-22(12-10-21)32-4-2/h5,7-12,19,26H,3-4,6,13-18H2,1-2H3,(H,25,29). The van der Waals surface area contributed by atoms with Gasteiger partial charge in [-0.3, -0.25) is 9.52 Å². The summed E-state index contributed by atoms with van der Waals surface area (Å²) in [6.45, 7) is 11.5. The van der Waals surface area contributed by atoms with Gasteiger partial charge in [0.25, 0.3) is 15.9 Å². The zero-order valence-corrected chi connectivity index (χ0v) is 20.2. The van der Waals surface area contributed by atoms with Gasteiger partial charge in [-0.1, -0.05) is 13.0 Å². The van der Waals surface area contributed by atoms with E-state index >= 15 is 0 Å². The average molecular weight is 475 g/mol. The number of likely N-dealkylation sites (N-methyl/N-ethyl adjacent to an activating group) is 1. The van der Waals surface area contributed by atoms with Crippen LogP contribution in [0.3, 0.4) is 0 Å². The molecule has 2 aromatic carbocycles. The van der Waals surface area contributed by atoms with E-state index in [4.69, 9.17) is 4.74 Å². The maximum atomic E-state index is 12.8. The van der Waals surface area contributed by atoms with E-state index in [-0.39, 0.29) is 10.8 Å². The van der Waals surface area contributed by atoms with Crippen LogP contribution in [-0.2, 0) is 10.0 Å². The van der Waals surface area contributed by atoms with Crippen LogP contribution in [0.15, 0.2) is 53.4 Å². The highest BCUT2D eigenvalue weighted by atomic mass is 32.2. The maximum absolute atomic E-state index is 12.8. The van der Waals surface area contributed by atoms with Crippen LogP contribution in [0.2, 0.25) is 0 Å². The smallest absolute Gasteiger partial charge is 0.261 e. The molecule has 0 radical (unpaired) electrons. The Kier molecular flexibility index (Phi) is 9.11. The second-order valence-corrected chi connectivity index (χ2v) is 9.66. The molecule has 9 heteroatoms. The predicted octanol–water partition coefficient (Wildman–Crippen LogP) is 2.64. The van der Waals surface area contributed by atoms with E-state index in [1.807, 2.05) is 6.92 Å². The van der Waals surface area contributed by atoms with Crippen molar-refractivity contribution in [3.8, 4) is 5.75 Å². The molecule has 0 bridgehead atoms. The highest BCUT2D eigenvalue weighted by Gasteiger charge is 2.17. The van der Waals surface area contributed by atoms with E-state index in [1.54, 1.807) is 36.4 Å². The number of nitrogens with one attached hydrogen (secondary N) is 2. The molecule has 1 aliphatic rings. The van der Waals surface area contributed by atoms with Gasteiger partial charge in [0.05, 0.1) is 11.5 Å². The third-order valence-corrected chi connectivity index (χ3v) is 7.05. The number of carbonyl (C=O) groups excluding carboxylic acids is 1. The lowest BCUT2D eigenvalue weighted by atomic mass is 10.2. The number of rotatable bonds is 11. The second kappa shape index (κ2) is 12.0. The summed E-state index contributed by atoms with van der Waals surface area (Å²) in [5.41, 5.74) is 0.745. The Hall–Kier alpha value is -2.62. The minimum absolute atomic E-state index is 0.0397. The molecule has 0 unspecified atom stereocenters. The molecule has 0 spiro atoms. The van der Waals surface area contributed by atoms with Crippen molar-refractivity contribution in [3.05, 3.63) is 54.1 Å². The lowest BCUT2D eigenvalue weighted by Crippen LogP contribution is -2.46. The van der Waals surface area contributed by atoms with E-state index in [2.05, 4.69) is 26.8 Å². The zero-order valence-electron chi connectivity index (χ0n) is 19.4. The van der Waals surface area contributed by atoms with Crippen LogP contribution in [0, 0.1) is 0 Å². The summed E-state index contributed by atoms with van der Waals surface area (Å²) < 4.78 is 33.5. The quantitative estimate of drug-likeness (QED) is 0.487. The third-order valence-electron chi connectivity index (χ3n) is 5.67. The molecule has 1 fully saturated rings. The summed E-state index contributed by atoms with van der Waals surface area (Å²) in [5, 5.41) is 2.90. The van der Waals surface area contributed by atoms with Crippen molar-refractivity contribution >= 4 is 21.6 Å². The SMILES string of the molecule is CCOc1ccc(NS(=O)(=O)c2cccc(C(=O)NCCCN3CCN(CC)CC3)c2)cc1. The molecule has 0 saturated carbocycles. The number of carbonyl (C=O) groups is 1. The summed E-state index contributed by atoms with van der Waals surface area (Å²) in [6.07, 6.45) is 0.856. The molecule has 1 amide bonds. The first-order valence-electron chi connectivity index (χ1n) is 11.5. The number of hydrogen-bond acceptors (Lipinski definition) is 6. The van der Waals surface area contributed by atoms with Crippen LogP contribution < -0.4 is 14.8 Å². The fourth-order valence-electron chi connectivity index (χ4n) is 3.74. The lowest BCUT2D eigenvalue weighted by molar-refractivity contribution is 0.0948. The lowest BCUT2D eigenvalue weighted by Gasteiger charge is -2.33. The van der Waals surface area contributed by atoms with Gasteiger partial charge in [0, 0.05) is 44.0 Å². The van der Waals surface area contributed by atoms with Crippen molar-refractivity contribution < 1.29 is 17.9 Å². The number of sulfonamides is 1. The van der Waals surface area contributed by atoms with Crippen LogP contribution in [0.5, 0.6) is 5.75 Å². The Bertz CT molecular complexity index is 1000. The van der Waals surface area contributed by atoms with Crippen LogP contribution in [0.25, 0.3) is 0 Å². The third kappa shape index (κ3) is 7.45. The fraction of sp³-hybridized carbons (Fsp3) is 0.458. The topological polar surface area (TPSA) is 91.0 Å². The number of nitrogens with zero attached hydrogens (tertiary/aromatic N) is 2. The predicted molar refractivity (Wildman–Crippen MR) is 130 cm³/mol. The minimum Gasteiger partial charge on any atom is -0.494 e.